The minimum atomic E-state index is 0.727. The Bertz CT molecular complexity index is 1460. The van der Waals surface area contributed by atoms with E-state index in [2.05, 4.69) is 63.8 Å². The molecule has 0 radical (unpaired) electrons. The van der Waals surface area contributed by atoms with Gasteiger partial charge in [-0.1, -0.05) is 48.0 Å². The maximum Gasteiger partial charge on any atom is 0.213 e. The maximum atomic E-state index is 5.47. The summed E-state index contributed by atoms with van der Waals surface area (Å²) in [4.78, 5) is 7.17. The summed E-state index contributed by atoms with van der Waals surface area (Å²) in [5.74, 6) is 3.04. The van der Waals surface area contributed by atoms with Gasteiger partial charge in [0.25, 0.3) is 0 Å². The van der Waals surface area contributed by atoms with Crippen LogP contribution in [-0.2, 0) is 6.42 Å². The molecule has 7 nitrogen and oxygen atoms in total. The molecule has 0 atom stereocenters. The van der Waals surface area contributed by atoms with Crippen LogP contribution in [0, 0.1) is 6.92 Å². The predicted octanol–water partition coefficient (Wildman–Crippen LogP) is 4.95. The first-order valence-electron chi connectivity index (χ1n) is 11.2. The number of hydrogen-bond acceptors (Lipinski definition) is 6. The third kappa shape index (κ3) is 3.90. The van der Waals surface area contributed by atoms with Crippen molar-refractivity contribution in [3.05, 3.63) is 77.9 Å². The first-order chi connectivity index (χ1) is 16.6. The summed E-state index contributed by atoms with van der Waals surface area (Å²) in [6.45, 7) is 2.83. The highest BCUT2D eigenvalue weighted by Crippen LogP contribution is 2.30. The van der Waals surface area contributed by atoms with Crippen molar-refractivity contribution in [2.75, 3.05) is 32.7 Å². The molecule has 0 aliphatic carbocycles. The van der Waals surface area contributed by atoms with E-state index in [0.717, 1.165) is 63.9 Å². The van der Waals surface area contributed by atoms with Crippen molar-refractivity contribution < 1.29 is 9.47 Å². The van der Waals surface area contributed by atoms with Crippen molar-refractivity contribution in [3.8, 4) is 22.9 Å². The number of ether oxygens (including phenoxy) is 2. The summed E-state index contributed by atoms with van der Waals surface area (Å²) >= 11 is 0. The van der Waals surface area contributed by atoms with Crippen LogP contribution in [0.5, 0.6) is 11.5 Å². The molecular weight excluding hydrogens is 426 g/mol. The van der Waals surface area contributed by atoms with E-state index in [1.807, 2.05) is 36.4 Å². The monoisotopic (exact) mass is 453 g/mol. The van der Waals surface area contributed by atoms with Gasteiger partial charge in [-0.25, -0.2) is 9.38 Å². The molecule has 0 bridgehead atoms. The van der Waals surface area contributed by atoms with Gasteiger partial charge in [0.05, 0.1) is 19.7 Å². The Labute approximate surface area is 198 Å². The highest BCUT2D eigenvalue weighted by atomic mass is 16.5. The Morgan fingerprint density at radius 2 is 1.65 bits per heavy atom. The number of benzene rings is 3. The van der Waals surface area contributed by atoms with Gasteiger partial charge in [-0.2, -0.15) is 0 Å². The van der Waals surface area contributed by atoms with Gasteiger partial charge in [-0.3, -0.25) is 0 Å². The highest BCUT2D eigenvalue weighted by molar-refractivity contribution is 5.93. The minimum Gasteiger partial charge on any atom is -0.493 e. The Balaban J connectivity index is 1.56. The Hall–Kier alpha value is -4.13. The van der Waals surface area contributed by atoms with E-state index in [1.54, 1.807) is 14.2 Å². The van der Waals surface area contributed by atoms with Gasteiger partial charge in [0.2, 0.25) is 5.95 Å². The molecule has 7 heteroatoms. The lowest BCUT2D eigenvalue weighted by Gasteiger charge is -2.21. The van der Waals surface area contributed by atoms with Crippen molar-refractivity contribution in [2.24, 2.45) is 0 Å². The van der Waals surface area contributed by atoms with Crippen molar-refractivity contribution in [3.63, 3.8) is 0 Å². The van der Waals surface area contributed by atoms with Gasteiger partial charge in [0.15, 0.2) is 23.0 Å². The zero-order valence-electron chi connectivity index (χ0n) is 19.8. The smallest absolute Gasteiger partial charge is 0.213 e. The van der Waals surface area contributed by atoms with Crippen molar-refractivity contribution in [2.45, 2.75) is 13.3 Å². The lowest BCUT2D eigenvalue weighted by atomic mass is 10.1. The number of aromatic nitrogens is 4. The average molecular weight is 454 g/mol. The van der Waals surface area contributed by atoms with Crippen LogP contribution in [-0.4, -0.2) is 47.4 Å². The van der Waals surface area contributed by atoms with E-state index >= 15 is 0 Å². The van der Waals surface area contributed by atoms with Crippen molar-refractivity contribution >= 4 is 22.5 Å². The second-order valence-electron chi connectivity index (χ2n) is 8.34. The molecule has 0 saturated heterocycles. The summed E-state index contributed by atoms with van der Waals surface area (Å²) in [5, 5.41) is 10.1. The Kier molecular flexibility index (Phi) is 5.76. The summed E-state index contributed by atoms with van der Waals surface area (Å²) < 4.78 is 12.9. The van der Waals surface area contributed by atoms with Crippen LogP contribution < -0.4 is 14.4 Å². The van der Waals surface area contributed by atoms with Crippen molar-refractivity contribution in [1.29, 1.82) is 0 Å². The topological polar surface area (TPSA) is 64.8 Å². The largest absolute Gasteiger partial charge is 0.493 e. The van der Waals surface area contributed by atoms with Gasteiger partial charge in [-0.15, -0.1) is 10.2 Å². The fourth-order valence-electron chi connectivity index (χ4n) is 4.14. The first kappa shape index (κ1) is 21.7. The number of nitrogens with zero attached hydrogens (tertiary/aromatic N) is 5. The van der Waals surface area contributed by atoms with E-state index in [4.69, 9.17) is 14.5 Å². The van der Waals surface area contributed by atoms with Crippen LogP contribution in [0.1, 0.15) is 11.1 Å². The normalized spacial score (nSPS) is 11.2. The van der Waals surface area contributed by atoms with E-state index < -0.39 is 0 Å². The quantitative estimate of drug-likeness (QED) is 0.347. The van der Waals surface area contributed by atoms with Crippen molar-refractivity contribution in [1.82, 2.24) is 19.6 Å². The van der Waals surface area contributed by atoms with Crippen LogP contribution in [0.2, 0.25) is 0 Å². The van der Waals surface area contributed by atoms with Gasteiger partial charge in [0.1, 0.15) is 0 Å². The average Bonchev–Trinajstić information content (AvgIpc) is 3.32. The molecule has 0 fully saturated rings. The molecule has 0 aliphatic rings. The third-order valence-electron chi connectivity index (χ3n) is 6.06. The summed E-state index contributed by atoms with van der Waals surface area (Å²) in [5.41, 5.74) is 5.06. The van der Waals surface area contributed by atoms with Gasteiger partial charge >= 0.3 is 0 Å². The number of anilines is 1. The maximum absolute atomic E-state index is 5.47. The molecule has 0 saturated carbocycles. The standard InChI is InChI=1S/C27H27N5O2/c1-18-9-12-20(13-10-18)25-29-30-26-21-7-5-6-8-22(21)28-27(32(25)26)31(2)16-15-19-11-14-23(33-3)24(17-19)34-4/h5-14,17H,15-16H2,1-4H3. The number of likely N-dealkylation sites (N-methyl/N-ethyl adjacent to an activating group) is 1. The molecule has 5 aromatic rings. The van der Waals surface area contributed by atoms with Crippen LogP contribution >= 0.6 is 0 Å². The molecule has 0 aliphatic heterocycles. The van der Waals surface area contributed by atoms with Crippen LogP contribution in [0.15, 0.2) is 66.7 Å². The second-order valence-corrected chi connectivity index (χ2v) is 8.34. The minimum absolute atomic E-state index is 0.727. The molecule has 34 heavy (non-hydrogen) atoms. The Morgan fingerprint density at radius 3 is 2.41 bits per heavy atom. The van der Waals surface area contributed by atoms with Crippen LogP contribution in [0.3, 0.4) is 0 Å². The van der Waals surface area contributed by atoms with E-state index in [1.165, 1.54) is 5.56 Å². The zero-order chi connectivity index (χ0) is 23.7. The van der Waals surface area contributed by atoms with Gasteiger partial charge in [-0.05, 0) is 43.2 Å². The summed E-state index contributed by atoms with van der Waals surface area (Å²) in [6.07, 6.45) is 0.814. The molecule has 0 spiro atoms. The molecule has 0 unspecified atom stereocenters. The SMILES string of the molecule is COc1ccc(CCN(C)c2nc3ccccc3c3nnc(-c4ccc(C)cc4)n23)cc1OC. The molecule has 0 N–H and O–H groups in total. The van der Waals surface area contributed by atoms with Crippen LogP contribution in [0.4, 0.5) is 5.95 Å². The molecular formula is C27H27N5O2. The molecule has 3 aromatic carbocycles. The van der Waals surface area contributed by atoms with Crippen LogP contribution in [0.25, 0.3) is 27.9 Å². The second kappa shape index (κ2) is 9.02. The number of fused-ring (bicyclic) bond motifs is 3. The summed E-state index contributed by atoms with van der Waals surface area (Å²) in [7, 11) is 5.35. The predicted molar refractivity (Wildman–Crippen MR) is 135 cm³/mol. The van der Waals surface area contributed by atoms with E-state index in [-0.39, 0.29) is 0 Å². The third-order valence-corrected chi connectivity index (χ3v) is 6.06. The number of methoxy groups -OCH3 is 2. The fourth-order valence-corrected chi connectivity index (χ4v) is 4.14. The van der Waals surface area contributed by atoms with E-state index in [9.17, 15) is 0 Å². The molecule has 2 heterocycles. The number of rotatable bonds is 7. The number of aryl methyl sites for hydroxylation is 1. The molecule has 2 aromatic heterocycles. The molecule has 5 rings (SSSR count). The summed E-state index contributed by atoms with van der Waals surface area (Å²) in [6, 6.07) is 22.4. The molecule has 0 amide bonds. The van der Waals surface area contributed by atoms with E-state index in [0.29, 0.717) is 0 Å². The fraction of sp³-hybridized carbons (Fsp3) is 0.222. The first-order valence-corrected chi connectivity index (χ1v) is 11.2. The van der Waals surface area contributed by atoms with Gasteiger partial charge in [0, 0.05) is 24.5 Å². The lowest BCUT2D eigenvalue weighted by Crippen LogP contribution is -2.24. The lowest BCUT2D eigenvalue weighted by molar-refractivity contribution is 0.354. The highest BCUT2D eigenvalue weighted by Gasteiger charge is 2.19. The number of para-hydroxylation sites is 1. The number of hydrogen-bond donors (Lipinski definition) is 0. The molecule has 172 valence electrons. The Morgan fingerprint density at radius 1 is 0.882 bits per heavy atom. The zero-order valence-corrected chi connectivity index (χ0v) is 19.8. The van der Waals surface area contributed by atoms with Gasteiger partial charge < -0.3 is 14.4 Å².